The summed E-state index contributed by atoms with van der Waals surface area (Å²) in [6.45, 7) is 2.06. The van der Waals surface area contributed by atoms with Crippen molar-refractivity contribution in [2.45, 2.75) is 13.3 Å². The molecular weight excluding hydrogens is 292 g/mol. The first-order chi connectivity index (χ1) is 11.1. The smallest absolute Gasteiger partial charge is 0.241 e. The molecule has 4 rings (SSSR count). The van der Waals surface area contributed by atoms with Crippen LogP contribution in [0.3, 0.4) is 0 Å². The van der Waals surface area contributed by atoms with E-state index < -0.39 is 0 Å². The van der Waals surface area contributed by atoms with Crippen LogP contribution in [0.25, 0.3) is 11.4 Å². The number of benzene rings is 2. The van der Waals surface area contributed by atoms with E-state index in [1.165, 1.54) is 5.56 Å². The van der Waals surface area contributed by atoms with Gasteiger partial charge in [-0.3, -0.25) is 0 Å². The van der Waals surface area contributed by atoms with Crippen LogP contribution in [0.5, 0.6) is 23.1 Å². The second-order valence-corrected chi connectivity index (χ2v) is 5.64. The second-order valence-electron chi connectivity index (χ2n) is 5.64. The lowest BCUT2D eigenvalue weighted by molar-refractivity contribution is 0.412. The molecule has 0 unspecified atom stereocenters. The maximum Gasteiger partial charge on any atom is 0.241 e. The zero-order valence-corrected chi connectivity index (χ0v) is 12.9. The van der Waals surface area contributed by atoms with Crippen LogP contribution in [-0.4, -0.2) is 22.2 Å². The van der Waals surface area contributed by atoms with E-state index in [1.54, 1.807) is 25.3 Å². The van der Waals surface area contributed by atoms with Gasteiger partial charge in [-0.2, -0.15) is 4.98 Å². The summed E-state index contributed by atoms with van der Waals surface area (Å²) >= 11 is 0. The average Bonchev–Trinajstić information content (AvgIpc) is 2.95. The van der Waals surface area contributed by atoms with Gasteiger partial charge < -0.3 is 19.6 Å². The lowest BCUT2D eigenvalue weighted by atomic mass is 10.0. The Morgan fingerprint density at radius 2 is 2.09 bits per heavy atom. The van der Waals surface area contributed by atoms with E-state index in [2.05, 4.69) is 23.0 Å². The molecule has 0 fully saturated rings. The summed E-state index contributed by atoms with van der Waals surface area (Å²) in [6.07, 6.45) is 0.726. The van der Waals surface area contributed by atoms with Crippen LogP contribution >= 0.6 is 0 Å². The number of phenols is 1. The molecule has 5 nitrogen and oxygen atoms in total. The Morgan fingerprint density at radius 3 is 2.91 bits per heavy atom. The summed E-state index contributed by atoms with van der Waals surface area (Å²) in [6, 6.07) is 11.1. The Balaban J connectivity index is 1.76. The second kappa shape index (κ2) is 5.05. The molecule has 0 atom stereocenters. The summed E-state index contributed by atoms with van der Waals surface area (Å²) < 4.78 is 11.1. The van der Waals surface area contributed by atoms with Gasteiger partial charge in [0.05, 0.1) is 18.4 Å². The SMILES string of the molecule is COc1ccc(O)c(-c2nc3c([nH]2)Cc2cc(C)ccc2O3)c1. The van der Waals surface area contributed by atoms with Crippen molar-refractivity contribution in [1.82, 2.24) is 9.97 Å². The number of hydrogen-bond donors (Lipinski definition) is 2. The highest BCUT2D eigenvalue weighted by Crippen LogP contribution is 2.39. The summed E-state index contributed by atoms with van der Waals surface area (Å²) in [5, 5.41) is 10.1. The Labute approximate surface area is 133 Å². The first-order valence-corrected chi connectivity index (χ1v) is 7.37. The van der Waals surface area contributed by atoms with Gasteiger partial charge in [0.2, 0.25) is 5.88 Å². The first kappa shape index (κ1) is 13.7. The third kappa shape index (κ3) is 2.30. The Morgan fingerprint density at radius 1 is 1.22 bits per heavy atom. The zero-order chi connectivity index (χ0) is 16.0. The highest BCUT2D eigenvalue weighted by molar-refractivity contribution is 5.67. The Hall–Kier alpha value is -2.95. The molecule has 2 N–H and O–H groups in total. The van der Waals surface area contributed by atoms with Crippen LogP contribution < -0.4 is 9.47 Å². The zero-order valence-electron chi connectivity index (χ0n) is 12.9. The van der Waals surface area contributed by atoms with Crippen molar-refractivity contribution in [3.8, 4) is 34.5 Å². The Bertz CT molecular complexity index is 899. The number of aromatic hydroxyl groups is 1. The molecule has 116 valence electrons. The molecule has 1 aliphatic rings. The van der Waals surface area contributed by atoms with Crippen molar-refractivity contribution in [3.05, 3.63) is 53.2 Å². The molecule has 23 heavy (non-hydrogen) atoms. The maximum absolute atomic E-state index is 10.1. The van der Waals surface area contributed by atoms with Gasteiger partial charge in [0.25, 0.3) is 0 Å². The fourth-order valence-electron chi connectivity index (χ4n) is 2.80. The van der Waals surface area contributed by atoms with E-state index in [9.17, 15) is 5.11 Å². The number of hydrogen-bond acceptors (Lipinski definition) is 4. The van der Waals surface area contributed by atoms with Gasteiger partial charge in [-0.25, -0.2) is 0 Å². The molecule has 0 saturated carbocycles. The highest BCUT2D eigenvalue weighted by atomic mass is 16.5. The number of aryl methyl sites for hydroxylation is 1. The minimum absolute atomic E-state index is 0.144. The molecule has 2 aromatic carbocycles. The van der Waals surface area contributed by atoms with Crippen LogP contribution in [0.2, 0.25) is 0 Å². The maximum atomic E-state index is 10.1. The van der Waals surface area contributed by atoms with Gasteiger partial charge in [0.15, 0.2) is 0 Å². The van der Waals surface area contributed by atoms with Gasteiger partial charge in [-0.15, -0.1) is 0 Å². The standard InChI is InChI=1S/C18H16N2O3/c1-10-3-6-16-11(7-10)8-14-18(23-16)20-17(19-14)13-9-12(22-2)4-5-15(13)21/h3-7,9,21H,8H2,1-2H3,(H,19,20). The number of aromatic nitrogens is 2. The normalized spacial score (nSPS) is 12.3. The average molecular weight is 308 g/mol. The summed E-state index contributed by atoms with van der Waals surface area (Å²) in [7, 11) is 1.59. The molecule has 2 heterocycles. The number of fused-ring (bicyclic) bond motifs is 2. The van der Waals surface area contributed by atoms with Crippen LogP contribution in [-0.2, 0) is 6.42 Å². The molecule has 5 heteroatoms. The molecule has 0 amide bonds. The third-order valence-electron chi connectivity index (χ3n) is 3.99. The van der Waals surface area contributed by atoms with E-state index >= 15 is 0 Å². The number of rotatable bonds is 2. The van der Waals surface area contributed by atoms with Gasteiger partial charge >= 0.3 is 0 Å². The fourth-order valence-corrected chi connectivity index (χ4v) is 2.80. The lowest BCUT2D eigenvalue weighted by Crippen LogP contribution is -2.02. The van der Waals surface area contributed by atoms with Crippen molar-refractivity contribution in [3.63, 3.8) is 0 Å². The number of phenolic OH excluding ortho intramolecular Hbond substituents is 1. The molecule has 0 radical (unpaired) electrons. The molecule has 0 aliphatic carbocycles. The van der Waals surface area contributed by atoms with E-state index in [4.69, 9.17) is 9.47 Å². The van der Waals surface area contributed by atoms with Crippen molar-refractivity contribution in [2.75, 3.05) is 7.11 Å². The van der Waals surface area contributed by atoms with Crippen molar-refractivity contribution >= 4 is 0 Å². The first-order valence-electron chi connectivity index (χ1n) is 7.37. The quantitative estimate of drug-likeness (QED) is 0.591. The Kier molecular flexibility index (Phi) is 3.01. The monoisotopic (exact) mass is 308 g/mol. The van der Waals surface area contributed by atoms with Crippen molar-refractivity contribution < 1.29 is 14.6 Å². The van der Waals surface area contributed by atoms with Gasteiger partial charge in [0, 0.05) is 12.0 Å². The molecule has 0 saturated heterocycles. The van der Waals surface area contributed by atoms with Crippen LogP contribution in [0, 0.1) is 6.92 Å². The van der Waals surface area contributed by atoms with Crippen LogP contribution in [0.4, 0.5) is 0 Å². The summed E-state index contributed by atoms with van der Waals surface area (Å²) in [5.74, 6) is 2.75. The van der Waals surface area contributed by atoms with Gasteiger partial charge in [0.1, 0.15) is 23.1 Å². The molecule has 1 aliphatic heterocycles. The molecule has 1 aromatic heterocycles. The molecule has 0 bridgehead atoms. The van der Waals surface area contributed by atoms with Gasteiger partial charge in [-0.05, 0) is 31.2 Å². The molecular formula is C18H16N2O3. The molecule has 0 spiro atoms. The predicted octanol–water partition coefficient (Wildman–Crippen LogP) is 3.80. The van der Waals surface area contributed by atoms with E-state index in [-0.39, 0.29) is 5.75 Å². The van der Waals surface area contributed by atoms with E-state index in [0.717, 1.165) is 23.4 Å². The summed E-state index contributed by atoms with van der Waals surface area (Å²) in [5.41, 5.74) is 3.81. The minimum Gasteiger partial charge on any atom is -0.507 e. The third-order valence-corrected chi connectivity index (χ3v) is 3.99. The number of aromatic amines is 1. The van der Waals surface area contributed by atoms with E-state index in [0.29, 0.717) is 23.0 Å². The number of H-pyrrole nitrogens is 1. The summed E-state index contributed by atoms with van der Waals surface area (Å²) in [4.78, 5) is 7.74. The fraction of sp³-hybridized carbons (Fsp3) is 0.167. The largest absolute Gasteiger partial charge is 0.507 e. The minimum atomic E-state index is 0.144. The number of imidazole rings is 1. The predicted molar refractivity (Wildman–Crippen MR) is 86.3 cm³/mol. The van der Waals surface area contributed by atoms with Crippen molar-refractivity contribution in [2.24, 2.45) is 0 Å². The highest BCUT2D eigenvalue weighted by Gasteiger charge is 2.22. The number of ether oxygens (including phenoxy) is 2. The topological polar surface area (TPSA) is 67.4 Å². The number of nitrogens with zero attached hydrogens (tertiary/aromatic N) is 1. The van der Waals surface area contributed by atoms with Crippen LogP contribution in [0.1, 0.15) is 16.8 Å². The van der Waals surface area contributed by atoms with Crippen LogP contribution in [0.15, 0.2) is 36.4 Å². The molecule has 3 aromatic rings. The van der Waals surface area contributed by atoms with Crippen molar-refractivity contribution in [1.29, 1.82) is 0 Å². The van der Waals surface area contributed by atoms with Gasteiger partial charge in [-0.1, -0.05) is 17.7 Å². The number of nitrogens with one attached hydrogen (secondary N) is 1. The lowest BCUT2D eigenvalue weighted by Gasteiger charge is -2.15. The number of methoxy groups -OCH3 is 1. The van der Waals surface area contributed by atoms with E-state index in [1.807, 2.05) is 12.1 Å².